The number of amides is 1. The van der Waals surface area contributed by atoms with E-state index in [4.69, 9.17) is 23.2 Å². The third-order valence-corrected chi connectivity index (χ3v) is 8.51. The van der Waals surface area contributed by atoms with Crippen molar-refractivity contribution in [1.82, 2.24) is 24.3 Å². The molecule has 2 aliphatic heterocycles. The molecule has 11 heteroatoms. The lowest BCUT2D eigenvalue weighted by Gasteiger charge is -2.33. The number of fused-ring (bicyclic) bond motifs is 1. The highest BCUT2D eigenvalue weighted by Crippen LogP contribution is 2.41. The van der Waals surface area contributed by atoms with Gasteiger partial charge in [-0.25, -0.2) is 13.8 Å². The van der Waals surface area contributed by atoms with E-state index in [9.17, 15) is 13.6 Å². The van der Waals surface area contributed by atoms with Crippen LogP contribution in [0.4, 0.5) is 14.5 Å². The van der Waals surface area contributed by atoms with Crippen LogP contribution >= 0.6 is 23.2 Å². The van der Waals surface area contributed by atoms with Gasteiger partial charge in [0.1, 0.15) is 12.0 Å². The van der Waals surface area contributed by atoms with Gasteiger partial charge in [0, 0.05) is 80.3 Å². The lowest BCUT2D eigenvalue weighted by Crippen LogP contribution is -2.47. The summed E-state index contributed by atoms with van der Waals surface area (Å²) in [6.07, 6.45) is 1.53. The number of halogens is 4. The van der Waals surface area contributed by atoms with Crippen molar-refractivity contribution >= 4 is 34.8 Å². The van der Waals surface area contributed by atoms with Gasteiger partial charge in [0.15, 0.2) is 5.82 Å². The number of nitrogens with zero attached hydrogens (tertiary/aromatic N) is 5. The summed E-state index contributed by atoms with van der Waals surface area (Å²) in [5.41, 5.74) is 4.99. The minimum atomic E-state index is -0.861. The Kier molecular flexibility index (Phi) is 7.54. The average Bonchev–Trinajstić information content (AvgIpc) is 3.25. The maximum Gasteiger partial charge on any atom is 0.291 e. The van der Waals surface area contributed by atoms with Crippen molar-refractivity contribution in [2.75, 3.05) is 32.0 Å². The van der Waals surface area contributed by atoms with Gasteiger partial charge in [-0.05, 0) is 19.2 Å². The summed E-state index contributed by atoms with van der Waals surface area (Å²) in [4.78, 5) is 26.1. The van der Waals surface area contributed by atoms with Gasteiger partial charge >= 0.3 is 0 Å². The van der Waals surface area contributed by atoms with Crippen LogP contribution in [0.25, 0.3) is 22.3 Å². The summed E-state index contributed by atoms with van der Waals surface area (Å²) in [6, 6.07) is 12.1. The summed E-state index contributed by atoms with van der Waals surface area (Å²) in [5, 5.41) is 3.60. The summed E-state index contributed by atoms with van der Waals surface area (Å²) < 4.78 is 29.9. The Morgan fingerprint density at radius 2 is 1.78 bits per heavy atom. The first kappa shape index (κ1) is 27.8. The van der Waals surface area contributed by atoms with Crippen LogP contribution in [0.3, 0.4) is 0 Å². The van der Waals surface area contributed by atoms with E-state index in [2.05, 4.69) is 20.2 Å². The number of imidazole rings is 1. The molecule has 0 unspecified atom stereocenters. The van der Waals surface area contributed by atoms with E-state index >= 15 is 0 Å². The molecule has 1 saturated heterocycles. The monoisotopic (exact) mass is 596 g/mol. The number of hydrogen-bond acceptors (Lipinski definition) is 5. The molecule has 2 aromatic heterocycles. The number of aromatic nitrogens is 3. The number of likely N-dealkylation sites (N-methyl/N-ethyl adjacent to an activating group) is 1. The molecule has 1 amide bonds. The van der Waals surface area contributed by atoms with Crippen LogP contribution in [0.15, 0.2) is 48.7 Å². The zero-order valence-corrected chi connectivity index (χ0v) is 24.1. The normalized spacial score (nSPS) is 16.0. The molecular formula is C30H28Cl2F2N6O. The van der Waals surface area contributed by atoms with Crippen molar-refractivity contribution in [3.05, 3.63) is 87.4 Å². The predicted molar refractivity (Wildman–Crippen MR) is 156 cm³/mol. The minimum absolute atomic E-state index is 0.256. The van der Waals surface area contributed by atoms with Crippen LogP contribution in [0.1, 0.15) is 27.7 Å². The molecule has 2 aromatic carbocycles. The summed E-state index contributed by atoms with van der Waals surface area (Å²) in [5.74, 6) is -0.509. The van der Waals surface area contributed by atoms with Crippen LogP contribution < -0.4 is 5.32 Å². The Labute approximate surface area is 246 Å². The number of nitrogens with one attached hydrogen (secondary N) is 1. The zero-order valence-electron chi connectivity index (χ0n) is 22.6. The molecule has 212 valence electrons. The SMILES string of the molecule is CN1CCc2c(nc(C(=O)Nc3cccc(-c4cccc(-c5cnc(CN6CC(F)C6)c(F)c5)c4Cl)c3Cl)n2C)C1. The Bertz CT molecular complexity index is 1650. The number of benzene rings is 2. The summed E-state index contributed by atoms with van der Waals surface area (Å²) in [7, 11) is 3.88. The van der Waals surface area contributed by atoms with Crippen LogP contribution in [0.5, 0.6) is 0 Å². The largest absolute Gasteiger partial charge is 0.327 e. The quantitative estimate of drug-likeness (QED) is 0.296. The molecule has 0 bridgehead atoms. The molecule has 0 saturated carbocycles. The van der Waals surface area contributed by atoms with Crippen molar-refractivity contribution in [3.63, 3.8) is 0 Å². The fraction of sp³-hybridized carbons (Fsp3) is 0.300. The minimum Gasteiger partial charge on any atom is -0.327 e. The van der Waals surface area contributed by atoms with Crippen molar-refractivity contribution in [3.8, 4) is 22.3 Å². The van der Waals surface area contributed by atoms with Gasteiger partial charge in [-0.2, -0.15) is 0 Å². The van der Waals surface area contributed by atoms with Gasteiger partial charge < -0.3 is 14.8 Å². The van der Waals surface area contributed by atoms with E-state index in [-0.39, 0.29) is 18.1 Å². The van der Waals surface area contributed by atoms with E-state index in [0.717, 1.165) is 24.4 Å². The lowest BCUT2D eigenvalue weighted by molar-refractivity contribution is 0.0570. The van der Waals surface area contributed by atoms with Crippen LogP contribution in [-0.4, -0.2) is 63.1 Å². The van der Waals surface area contributed by atoms with Gasteiger partial charge in [0.25, 0.3) is 5.91 Å². The Morgan fingerprint density at radius 3 is 2.51 bits per heavy atom. The number of rotatable bonds is 6. The highest BCUT2D eigenvalue weighted by Gasteiger charge is 2.28. The van der Waals surface area contributed by atoms with Crippen molar-refractivity contribution in [2.24, 2.45) is 7.05 Å². The molecule has 0 spiro atoms. The van der Waals surface area contributed by atoms with Crippen molar-refractivity contribution < 1.29 is 13.6 Å². The molecule has 0 radical (unpaired) electrons. The number of alkyl halides is 1. The number of hydrogen-bond donors (Lipinski definition) is 1. The fourth-order valence-electron chi connectivity index (χ4n) is 5.42. The molecular weight excluding hydrogens is 569 g/mol. The molecule has 1 fully saturated rings. The van der Waals surface area contributed by atoms with Gasteiger partial charge in [0.2, 0.25) is 0 Å². The lowest BCUT2D eigenvalue weighted by atomic mass is 9.98. The van der Waals surface area contributed by atoms with Gasteiger partial charge in [-0.15, -0.1) is 0 Å². The molecule has 4 heterocycles. The molecule has 0 aliphatic carbocycles. The van der Waals surface area contributed by atoms with E-state index in [1.807, 2.05) is 30.8 Å². The number of likely N-dealkylation sites (tertiary alicyclic amines) is 1. The third kappa shape index (κ3) is 5.35. The number of carbonyl (C=O) groups is 1. The van der Waals surface area contributed by atoms with Crippen LogP contribution in [0.2, 0.25) is 10.0 Å². The Hall–Kier alpha value is -3.37. The third-order valence-electron chi connectivity index (χ3n) is 7.70. The molecule has 6 rings (SSSR count). The molecule has 0 atom stereocenters. The number of carbonyl (C=O) groups excluding carboxylic acids is 1. The molecule has 2 aliphatic rings. The first-order chi connectivity index (χ1) is 19.7. The molecule has 4 aromatic rings. The maximum absolute atomic E-state index is 14.9. The predicted octanol–water partition coefficient (Wildman–Crippen LogP) is 5.99. The first-order valence-electron chi connectivity index (χ1n) is 13.3. The summed E-state index contributed by atoms with van der Waals surface area (Å²) >= 11 is 13.7. The maximum atomic E-state index is 14.9. The number of anilines is 1. The van der Waals surface area contributed by atoms with Crippen molar-refractivity contribution in [1.29, 1.82) is 0 Å². The highest BCUT2D eigenvalue weighted by molar-refractivity contribution is 6.39. The van der Waals surface area contributed by atoms with Gasteiger partial charge in [-0.1, -0.05) is 53.5 Å². The topological polar surface area (TPSA) is 66.3 Å². The van der Waals surface area contributed by atoms with Gasteiger partial charge in [0.05, 0.1) is 27.1 Å². The average molecular weight is 597 g/mol. The van der Waals surface area contributed by atoms with Crippen LogP contribution in [0, 0.1) is 5.82 Å². The van der Waals surface area contributed by atoms with E-state index in [1.165, 1.54) is 6.07 Å². The smallest absolute Gasteiger partial charge is 0.291 e. The first-order valence-corrected chi connectivity index (χ1v) is 14.1. The number of pyridine rings is 1. The molecule has 1 N–H and O–H groups in total. The standard InChI is InChI=1S/C30H28Cl2F2N6O/c1-38-10-9-26-25(15-38)36-29(39(26)2)30(41)37-23-8-4-7-21(28(23)32)20-6-3-5-19(27(20)31)17-11-22(34)24(35-12-17)16-40-13-18(33)14-40/h3-8,11-12,18H,9-10,13-16H2,1-2H3,(H,37,41). The zero-order chi connectivity index (χ0) is 28.8. The molecule has 41 heavy (non-hydrogen) atoms. The second-order valence-corrected chi connectivity index (χ2v) is 11.4. The Morgan fingerprint density at radius 1 is 1.07 bits per heavy atom. The van der Waals surface area contributed by atoms with Crippen molar-refractivity contribution in [2.45, 2.75) is 25.7 Å². The Balaban J connectivity index is 1.26. The fourth-order valence-corrected chi connectivity index (χ4v) is 6.03. The summed E-state index contributed by atoms with van der Waals surface area (Å²) in [6.45, 7) is 2.44. The van der Waals surface area contributed by atoms with E-state index in [1.54, 1.807) is 35.4 Å². The molecule has 7 nitrogen and oxygen atoms in total. The second-order valence-electron chi connectivity index (χ2n) is 10.6. The van der Waals surface area contributed by atoms with Gasteiger partial charge in [-0.3, -0.25) is 14.7 Å². The highest BCUT2D eigenvalue weighted by atomic mass is 35.5. The van der Waals surface area contributed by atoms with E-state index in [0.29, 0.717) is 63.4 Å². The van der Waals surface area contributed by atoms with E-state index < -0.39 is 12.0 Å². The second kappa shape index (κ2) is 11.1. The van der Waals surface area contributed by atoms with Crippen LogP contribution in [-0.2, 0) is 26.6 Å².